The molecule has 2 N–H and O–H groups in total. The number of carbonyl (C=O) groups is 2. The molecule has 0 fully saturated rings. The fourth-order valence-electron chi connectivity index (χ4n) is 4.45. The lowest BCUT2D eigenvalue weighted by Gasteiger charge is -2.22. The highest BCUT2D eigenvalue weighted by Crippen LogP contribution is 2.36. The number of carbonyl (C=O) groups excluding carboxylic acids is 2. The number of benzene rings is 1. The van der Waals surface area contributed by atoms with E-state index in [0.717, 1.165) is 11.1 Å². The van der Waals surface area contributed by atoms with E-state index in [9.17, 15) is 14.4 Å². The molecule has 4 rings (SSSR count). The Balaban J connectivity index is 1.76. The zero-order valence-electron chi connectivity index (χ0n) is 22.9. The van der Waals surface area contributed by atoms with E-state index in [1.165, 1.54) is 37.1 Å². The number of nitrogens with zero attached hydrogens (tertiary/aromatic N) is 4. The van der Waals surface area contributed by atoms with E-state index in [0.29, 0.717) is 27.7 Å². The van der Waals surface area contributed by atoms with Gasteiger partial charge in [-0.2, -0.15) is 5.10 Å². The average molecular weight is 563 g/mol. The van der Waals surface area contributed by atoms with Crippen molar-refractivity contribution in [3.63, 3.8) is 0 Å². The van der Waals surface area contributed by atoms with Crippen LogP contribution in [0.15, 0.2) is 65.8 Å². The minimum absolute atomic E-state index is 0.146. The van der Waals surface area contributed by atoms with Crippen molar-refractivity contribution in [2.75, 3.05) is 19.5 Å². The van der Waals surface area contributed by atoms with Gasteiger partial charge in [0.25, 0.3) is 11.5 Å². The summed E-state index contributed by atoms with van der Waals surface area (Å²) >= 11 is 6.32. The van der Waals surface area contributed by atoms with Crippen molar-refractivity contribution >= 4 is 29.1 Å². The van der Waals surface area contributed by atoms with Crippen molar-refractivity contribution < 1.29 is 14.3 Å². The first-order valence-corrected chi connectivity index (χ1v) is 13.1. The molecule has 4 aromatic rings. The zero-order chi connectivity index (χ0) is 29.0. The monoisotopic (exact) mass is 562 g/mol. The van der Waals surface area contributed by atoms with Crippen LogP contribution in [0.3, 0.4) is 0 Å². The van der Waals surface area contributed by atoms with E-state index in [-0.39, 0.29) is 23.9 Å². The molecule has 208 valence electrons. The second-order valence-corrected chi connectivity index (χ2v) is 10.0. The van der Waals surface area contributed by atoms with Gasteiger partial charge < -0.3 is 15.4 Å². The highest BCUT2D eigenvalue weighted by Gasteiger charge is 2.26. The first-order valence-electron chi connectivity index (χ1n) is 12.7. The Kier molecular flexibility index (Phi) is 8.69. The normalized spacial score (nSPS) is 11.8. The summed E-state index contributed by atoms with van der Waals surface area (Å²) in [6.07, 6.45) is 4.85. The van der Waals surface area contributed by atoms with E-state index in [1.54, 1.807) is 36.3 Å². The molecule has 1 atom stereocenters. The number of pyridine rings is 2. The largest absolute Gasteiger partial charge is 0.495 e. The Morgan fingerprint density at radius 3 is 2.48 bits per heavy atom. The number of ether oxygens (including phenoxy) is 1. The molecule has 0 aliphatic carbocycles. The fourth-order valence-corrected chi connectivity index (χ4v) is 4.63. The number of halogens is 1. The van der Waals surface area contributed by atoms with E-state index in [4.69, 9.17) is 16.3 Å². The molecule has 0 saturated heterocycles. The van der Waals surface area contributed by atoms with E-state index >= 15 is 0 Å². The van der Waals surface area contributed by atoms with Gasteiger partial charge >= 0.3 is 0 Å². The van der Waals surface area contributed by atoms with Crippen molar-refractivity contribution in [1.29, 1.82) is 0 Å². The molecule has 0 radical (unpaired) electrons. The van der Waals surface area contributed by atoms with Crippen molar-refractivity contribution in [3.8, 4) is 16.9 Å². The first-order chi connectivity index (χ1) is 19.1. The van der Waals surface area contributed by atoms with Gasteiger partial charge in [-0.25, -0.2) is 4.98 Å². The van der Waals surface area contributed by atoms with Gasteiger partial charge in [0.1, 0.15) is 17.5 Å². The molecule has 1 unspecified atom stereocenters. The quantitative estimate of drug-likeness (QED) is 0.315. The minimum atomic E-state index is -0.965. The molecular weight excluding hydrogens is 532 g/mol. The van der Waals surface area contributed by atoms with Crippen molar-refractivity contribution in [2.45, 2.75) is 32.2 Å². The standard InChI is InChI=1S/C29H31ClN6O4/c1-17(2)21-8-6-18(30)12-22(21)23-14-27(37)36(16-26(23)40-5)25(13-19-10-11-35(4)34-19)29(39)33-20-7-9-24(32-15-20)28(38)31-3/h6-12,14-17,25H,13H2,1-5H3,(H,31,38)(H,33,39). The summed E-state index contributed by atoms with van der Waals surface area (Å²) in [7, 11) is 4.80. The third-order valence-corrected chi connectivity index (χ3v) is 6.73. The Labute approximate surface area is 237 Å². The van der Waals surface area contributed by atoms with Crippen LogP contribution in [0.2, 0.25) is 5.02 Å². The Morgan fingerprint density at radius 1 is 1.10 bits per heavy atom. The van der Waals surface area contributed by atoms with Crippen LogP contribution >= 0.6 is 11.6 Å². The number of rotatable bonds is 9. The van der Waals surface area contributed by atoms with Crippen LogP contribution in [0.1, 0.15) is 47.6 Å². The number of aromatic nitrogens is 4. The molecule has 3 aromatic heterocycles. The maximum absolute atomic E-state index is 13.6. The van der Waals surface area contributed by atoms with Gasteiger partial charge in [0.2, 0.25) is 5.91 Å². The van der Waals surface area contributed by atoms with Gasteiger partial charge in [0.05, 0.1) is 30.9 Å². The highest BCUT2D eigenvalue weighted by atomic mass is 35.5. The van der Waals surface area contributed by atoms with Crippen LogP contribution in [0.25, 0.3) is 11.1 Å². The predicted octanol–water partition coefficient (Wildman–Crippen LogP) is 4.21. The van der Waals surface area contributed by atoms with Gasteiger partial charge in [0, 0.05) is 43.4 Å². The number of anilines is 1. The molecule has 0 aliphatic heterocycles. The fraction of sp³-hybridized carbons (Fsp3) is 0.276. The summed E-state index contributed by atoms with van der Waals surface area (Å²) in [6, 6.07) is 10.9. The van der Waals surface area contributed by atoms with Crippen LogP contribution < -0.4 is 20.9 Å². The maximum Gasteiger partial charge on any atom is 0.269 e. The molecule has 2 amide bonds. The van der Waals surface area contributed by atoms with E-state index < -0.39 is 17.5 Å². The Hall–Kier alpha value is -4.44. The van der Waals surface area contributed by atoms with Crippen LogP contribution in [0.5, 0.6) is 5.75 Å². The van der Waals surface area contributed by atoms with Gasteiger partial charge in [-0.15, -0.1) is 0 Å². The molecule has 0 spiro atoms. The lowest BCUT2D eigenvalue weighted by molar-refractivity contribution is -0.119. The number of amides is 2. The summed E-state index contributed by atoms with van der Waals surface area (Å²) in [4.78, 5) is 43.2. The number of hydrogen-bond donors (Lipinski definition) is 2. The second-order valence-electron chi connectivity index (χ2n) is 9.59. The van der Waals surface area contributed by atoms with Crippen molar-refractivity contribution in [1.82, 2.24) is 24.6 Å². The van der Waals surface area contributed by atoms with Crippen LogP contribution in [-0.2, 0) is 18.3 Å². The molecule has 3 heterocycles. The molecule has 40 heavy (non-hydrogen) atoms. The van der Waals surface area contributed by atoms with Crippen LogP contribution in [0.4, 0.5) is 5.69 Å². The van der Waals surface area contributed by atoms with Crippen molar-refractivity contribution in [2.24, 2.45) is 7.05 Å². The van der Waals surface area contributed by atoms with Gasteiger partial charge in [-0.3, -0.25) is 23.6 Å². The van der Waals surface area contributed by atoms with Crippen LogP contribution in [0, 0.1) is 0 Å². The lowest BCUT2D eigenvalue weighted by Crippen LogP contribution is -2.34. The summed E-state index contributed by atoms with van der Waals surface area (Å²) in [5.41, 5.74) is 3.20. The third-order valence-electron chi connectivity index (χ3n) is 6.49. The number of nitrogens with one attached hydrogen (secondary N) is 2. The average Bonchev–Trinajstić information content (AvgIpc) is 3.35. The van der Waals surface area contributed by atoms with Gasteiger partial charge in [0.15, 0.2) is 0 Å². The predicted molar refractivity (Wildman–Crippen MR) is 154 cm³/mol. The Bertz CT molecular complexity index is 1590. The molecular formula is C29H31ClN6O4. The third kappa shape index (κ3) is 6.23. The summed E-state index contributed by atoms with van der Waals surface area (Å²) in [6.45, 7) is 4.12. The van der Waals surface area contributed by atoms with Gasteiger partial charge in [-0.05, 0) is 47.4 Å². The summed E-state index contributed by atoms with van der Waals surface area (Å²) in [5, 5.41) is 10.2. The van der Waals surface area contributed by atoms with E-state index in [2.05, 4.69) is 34.6 Å². The van der Waals surface area contributed by atoms with Crippen LogP contribution in [-0.4, -0.2) is 45.3 Å². The zero-order valence-corrected chi connectivity index (χ0v) is 23.7. The molecule has 0 aliphatic rings. The number of methoxy groups -OCH3 is 1. The smallest absolute Gasteiger partial charge is 0.269 e. The number of hydrogen-bond acceptors (Lipinski definition) is 6. The summed E-state index contributed by atoms with van der Waals surface area (Å²) < 4.78 is 8.69. The topological polar surface area (TPSA) is 120 Å². The molecule has 10 nitrogen and oxygen atoms in total. The number of aryl methyl sites for hydroxylation is 1. The molecule has 11 heteroatoms. The maximum atomic E-state index is 13.6. The lowest BCUT2D eigenvalue weighted by atomic mass is 9.92. The molecule has 1 aromatic carbocycles. The second kappa shape index (κ2) is 12.2. The molecule has 0 saturated carbocycles. The molecule has 0 bridgehead atoms. The SMILES string of the molecule is CNC(=O)c1ccc(NC(=O)C(Cc2ccn(C)n2)n2cc(OC)c(-c3cc(Cl)ccc3C(C)C)cc2=O)cn1. The summed E-state index contributed by atoms with van der Waals surface area (Å²) in [5.74, 6) is -0.211. The first kappa shape index (κ1) is 28.6. The van der Waals surface area contributed by atoms with Gasteiger partial charge in [-0.1, -0.05) is 31.5 Å². The Morgan fingerprint density at radius 2 is 1.88 bits per heavy atom. The van der Waals surface area contributed by atoms with E-state index in [1.807, 2.05) is 18.2 Å². The van der Waals surface area contributed by atoms with Crippen molar-refractivity contribution in [3.05, 3.63) is 93.4 Å². The highest BCUT2D eigenvalue weighted by molar-refractivity contribution is 6.30. The minimum Gasteiger partial charge on any atom is -0.495 e.